The van der Waals surface area contributed by atoms with Crippen molar-refractivity contribution < 1.29 is 22.6 Å². The normalized spacial score (nSPS) is 19.8. The van der Waals surface area contributed by atoms with Crippen molar-refractivity contribution in [3.05, 3.63) is 65.6 Å². The highest BCUT2D eigenvalue weighted by atomic mass is 32.1. The zero-order chi connectivity index (χ0) is 27.4. The SMILES string of the molecule is COc1cncc(-c2ccc(CN[C@@H]3C[C@H](Nc4ncnc5sc(CC(F)(F)F)cc45)C[C@H](OC)C3)cc2)c1. The number of anilines is 1. The van der Waals surface area contributed by atoms with E-state index in [1.165, 1.54) is 6.33 Å². The van der Waals surface area contributed by atoms with Crippen LogP contribution in [0.4, 0.5) is 19.0 Å². The van der Waals surface area contributed by atoms with Crippen LogP contribution in [0.3, 0.4) is 0 Å². The van der Waals surface area contributed by atoms with E-state index in [1.807, 2.05) is 12.3 Å². The maximum Gasteiger partial charge on any atom is 0.393 e. The Kier molecular flexibility index (Phi) is 8.29. The third-order valence-electron chi connectivity index (χ3n) is 6.92. The smallest absolute Gasteiger partial charge is 0.393 e. The third-order valence-corrected chi connectivity index (χ3v) is 7.97. The monoisotopic (exact) mass is 557 g/mol. The van der Waals surface area contributed by atoms with E-state index in [2.05, 4.69) is 49.9 Å². The Morgan fingerprint density at radius 3 is 2.51 bits per heavy atom. The highest BCUT2D eigenvalue weighted by Gasteiger charge is 2.31. The first kappa shape index (κ1) is 27.3. The van der Waals surface area contributed by atoms with Gasteiger partial charge in [0.2, 0.25) is 0 Å². The van der Waals surface area contributed by atoms with Crippen LogP contribution in [0.1, 0.15) is 29.7 Å². The van der Waals surface area contributed by atoms with Crippen LogP contribution in [-0.4, -0.2) is 53.5 Å². The first-order valence-electron chi connectivity index (χ1n) is 12.7. The Morgan fingerprint density at radius 1 is 0.974 bits per heavy atom. The first-order chi connectivity index (χ1) is 18.8. The molecule has 1 fully saturated rings. The number of fused-ring (bicyclic) bond motifs is 1. The molecule has 3 aromatic heterocycles. The van der Waals surface area contributed by atoms with Crippen molar-refractivity contribution in [1.82, 2.24) is 20.3 Å². The molecule has 1 aromatic carbocycles. The molecule has 0 saturated heterocycles. The van der Waals surface area contributed by atoms with Crippen molar-refractivity contribution in [2.75, 3.05) is 19.5 Å². The lowest BCUT2D eigenvalue weighted by Gasteiger charge is -2.35. The molecule has 206 valence electrons. The molecule has 4 aromatic rings. The molecule has 39 heavy (non-hydrogen) atoms. The largest absolute Gasteiger partial charge is 0.495 e. The van der Waals surface area contributed by atoms with Gasteiger partial charge in [-0.05, 0) is 42.5 Å². The minimum absolute atomic E-state index is 0.0493. The molecule has 0 bridgehead atoms. The van der Waals surface area contributed by atoms with Gasteiger partial charge in [0.05, 0.1) is 31.2 Å². The lowest BCUT2D eigenvalue weighted by molar-refractivity contribution is -0.126. The summed E-state index contributed by atoms with van der Waals surface area (Å²) in [5.74, 6) is 1.28. The second-order valence-corrected chi connectivity index (χ2v) is 10.9. The van der Waals surface area contributed by atoms with E-state index in [4.69, 9.17) is 9.47 Å². The molecular formula is C28H30F3N5O2S. The molecular weight excluding hydrogens is 527 g/mol. The van der Waals surface area contributed by atoms with Gasteiger partial charge in [0.1, 0.15) is 22.7 Å². The van der Waals surface area contributed by atoms with Crippen molar-refractivity contribution >= 4 is 27.4 Å². The zero-order valence-corrected chi connectivity index (χ0v) is 22.5. The number of thiophene rings is 1. The second-order valence-electron chi connectivity index (χ2n) is 9.74. The van der Waals surface area contributed by atoms with Crippen LogP contribution in [-0.2, 0) is 17.7 Å². The number of benzene rings is 1. The topological polar surface area (TPSA) is 81.2 Å². The fraction of sp³-hybridized carbons (Fsp3) is 0.393. The number of pyridine rings is 1. The molecule has 1 aliphatic carbocycles. The fourth-order valence-electron chi connectivity index (χ4n) is 5.01. The Balaban J connectivity index is 1.23. The molecule has 0 radical (unpaired) electrons. The van der Waals surface area contributed by atoms with E-state index in [1.54, 1.807) is 26.5 Å². The summed E-state index contributed by atoms with van der Waals surface area (Å²) < 4.78 is 49.7. The number of alkyl halides is 3. The predicted molar refractivity (Wildman–Crippen MR) is 146 cm³/mol. The highest BCUT2D eigenvalue weighted by Crippen LogP contribution is 2.34. The molecule has 1 saturated carbocycles. The highest BCUT2D eigenvalue weighted by molar-refractivity contribution is 7.18. The van der Waals surface area contributed by atoms with Gasteiger partial charge in [-0.15, -0.1) is 11.3 Å². The van der Waals surface area contributed by atoms with Gasteiger partial charge in [-0.1, -0.05) is 24.3 Å². The molecule has 0 unspecified atom stereocenters. The third kappa shape index (κ3) is 7.03. The van der Waals surface area contributed by atoms with E-state index >= 15 is 0 Å². The molecule has 7 nitrogen and oxygen atoms in total. The van der Waals surface area contributed by atoms with Crippen molar-refractivity contribution in [2.45, 2.75) is 56.6 Å². The molecule has 2 N–H and O–H groups in total. The van der Waals surface area contributed by atoms with Crippen LogP contribution in [0.15, 0.2) is 55.1 Å². The van der Waals surface area contributed by atoms with Crippen molar-refractivity contribution in [3.8, 4) is 16.9 Å². The van der Waals surface area contributed by atoms with Crippen LogP contribution in [0.25, 0.3) is 21.3 Å². The Bertz CT molecular complexity index is 1400. The molecule has 0 amide bonds. The standard InChI is InChI=1S/C28H30F3N5O2S/c1-37-22-9-20(33-13-17-3-5-18(6-4-17)19-7-23(38-2)15-32-14-19)8-21(10-22)36-26-25-11-24(12-28(29,30)31)39-27(25)35-16-34-26/h3-7,11,14-16,20-22,33H,8-10,12-13H2,1-2H3,(H,34,35,36)/t20-,21+,22-/m1/s1. The van der Waals surface area contributed by atoms with E-state index in [-0.39, 0.29) is 23.1 Å². The van der Waals surface area contributed by atoms with E-state index in [0.29, 0.717) is 22.6 Å². The molecule has 3 heterocycles. The zero-order valence-electron chi connectivity index (χ0n) is 21.7. The number of hydrogen-bond acceptors (Lipinski definition) is 8. The summed E-state index contributed by atoms with van der Waals surface area (Å²) in [7, 11) is 3.33. The lowest BCUT2D eigenvalue weighted by Crippen LogP contribution is -2.44. The number of methoxy groups -OCH3 is 2. The molecule has 5 rings (SSSR count). The summed E-state index contributed by atoms with van der Waals surface area (Å²) in [5.41, 5.74) is 3.22. The average Bonchev–Trinajstić information content (AvgIpc) is 3.34. The quantitative estimate of drug-likeness (QED) is 0.261. The summed E-state index contributed by atoms with van der Waals surface area (Å²) in [5, 5.41) is 7.74. The maximum atomic E-state index is 12.9. The van der Waals surface area contributed by atoms with Crippen molar-refractivity contribution in [3.63, 3.8) is 0 Å². The van der Waals surface area contributed by atoms with Gasteiger partial charge in [0.15, 0.2) is 0 Å². The molecule has 3 atom stereocenters. The van der Waals surface area contributed by atoms with E-state index in [9.17, 15) is 13.2 Å². The van der Waals surface area contributed by atoms with Gasteiger partial charge in [-0.3, -0.25) is 4.98 Å². The summed E-state index contributed by atoms with van der Waals surface area (Å²) in [6.45, 7) is 0.702. The number of rotatable bonds is 9. The van der Waals surface area contributed by atoms with Gasteiger partial charge in [0.25, 0.3) is 0 Å². The Morgan fingerprint density at radius 2 is 1.77 bits per heavy atom. The van der Waals surface area contributed by atoms with Crippen LogP contribution in [0.2, 0.25) is 0 Å². The summed E-state index contributed by atoms with van der Waals surface area (Å²) >= 11 is 1.06. The van der Waals surface area contributed by atoms with Gasteiger partial charge >= 0.3 is 6.18 Å². The van der Waals surface area contributed by atoms with Gasteiger partial charge in [-0.2, -0.15) is 13.2 Å². The summed E-state index contributed by atoms with van der Waals surface area (Å²) in [6.07, 6.45) is 2.20. The molecule has 1 aliphatic rings. The lowest BCUT2D eigenvalue weighted by atomic mass is 9.88. The number of hydrogen-bond donors (Lipinski definition) is 2. The van der Waals surface area contributed by atoms with Gasteiger partial charge in [0, 0.05) is 42.4 Å². The number of aromatic nitrogens is 3. The van der Waals surface area contributed by atoms with Gasteiger partial charge in [-0.25, -0.2) is 9.97 Å². The van der Waals surface area contributed by atoms with Gasteiger partial charge < -0.3 is 20.1 Å². The minimum atomic E-state index is -4.26. The van der Waals surface area contributed by atoms with Crippen molar-refractivity contribution in [2.24, 2.45) is 0 Å². The summed E-state index contributed by atoms with van der Waals surface area (Å²) in [6, 6.07) is 12.1. The number of halogens is 3. The number of ether oxygens (including phenoxy) is 2. The average molecular weight is 558 g/mol. The molecule has 0 spiro atoms. The van der Waals surface area contributed by atoms with Crippen LogP contribution < -0.4 is 15.4 Å². The second kappa shape index (κ2) is 11.8. The summed E-state index contributed by atoms with van der Waals surface area (Å²) in [4.78, 5) is 13.5. The molecule has 11 heteroatoms. The Hall–Kier alpha value is -3.28. The number of nitrogens with one attached hydrogen (secondary N) is 2. The van der Waals surface area contributed by atoms with Crippen LogP contribution >= 0.6 is 11.3 Å². The van der Waals surface area contributed by atoms with Crippen LogP contribution in [0.5, 0.6) is 5.75 Å². The Labute approximate surface area is 228 Å². The minimum Gasteiger partial charge on any atom is -0.495 e. The predicted octanol–water partition coefficient (Wildman–Crippen LogP) is 6.00. The maximum absolute atomic E-state index is 12.9. The van der Waals surface area contributed by atoms with Crippen molar-refractivity contribution in [1.29, 1.82) is 0 Å². The van der Waals surface area contributed by atoms with E-state index < -0.39 is 12.6 Å². The van der Waals surface area contributed by atoms with Crippen LogP contribution in [0, 0.1) is 0 Å². The first-order valence-corrected chi connectivity index (χ1v) is 13.5. The number of nitrogens with zero attached hydrogens (tertiary/aromatic N) is 3. The van der Waals surface area contributed by atoms with E-state index in [0.717, 1.165) is 53.0 Å². The molecule has 0 aliphatic heterocycles. The fourth-order valence-corrected chi connectivity index (χ4v) is 6.03.